The fourth-order valence-corrected chi connectivity index (χ4v) is 3.30. The number of rotatable bonds is 7. The fraction of sp³-hybridized carbons (Fsp3) is 0.0476. The van der Waals surface area contributed by atoms with E-state index in [1.165, 1.54) is 43.2 Å². The number of nitrogens with one attached hydrogen (secondary N) is 1. The Labute approximate surface area is 176 Å². The lowest BCUT2D eigenvalue weighted by Gasteiger charge is -2.08. The van der Waals surface area contributed by atoms with Gasteiger partial charge in [0.05, 0.1) is 17.3 Å². The van der Waals surface area contributed by atoms with E-state index in [2.05, 4.69) is 9.97 Å². The van der Waals surface area contributed by atoms with Gasteiger partial charge >= 0.3 is 0 Å². The highest BCUT2D eigenvalue weighted by atomic mass is 35.5. The van der Waals surface area contributed by atoms with Crippen LogP contribution in [0.3, 0.4) is 0 Å². The van der Waals surface area contributed by atoms with Gasteiger partial charge in [-0.1, -0.05) is 23.4 Å². The first-order valence-electron chi connectivity index (χ1n) is 8.58. The number of carbonyl (C=O) groups is 1. The van der Waals surface area contributed by atoms with E-state index in [0.717, 1.165) is 10.6 Å². The standard InChI is InChI=1S/C21H16ClFN4OS/c1-13(28)18-10-27-19(11-26-18)21(24)20(29-17-8-2-14(22)3-9-17)12-25-16-6-4-15(23)5-7-16/h2-12,24-25H,1H3/p+1. The number of ketones is 1. The topological polar surface area (TPSA) is 83.3 Å². The molecule has 3 N–H and O–H groups in total. The van der Waals surface area contributed by atoms with E-state index in [4.69, 9.17) is 17.0 Å². The molecule has 8 heteroatoms. The molecule has 2 aromatic carbocycles. The molecule has 0 saturated carbocycles. The second-order valence-electron chi connectivity index (χ2n) is 6.02. The predicted octanol–water partition coefficient (Wildman–Crippen LogP) is 4.37. The van der Waals surface area contributed by atoms with Crippen molar-refractivity contribution < 1.29 is 14.5 Å². The SMILES string of the molecule is CC(=O)c1cnc(C(=N)C(=C[NH2+]c2ccc(F)cc2)Sc2ccc(Cl)cc2)cn1. The summed E-state index contributed by atoms with van der Waals surface area (Å²) in [6, 6.07) is 13.3. The molecular formula is C21H17ClFN4OS+. The molecule has 0 spiro atoms. The second-order valence-corrected chi connectivity index (χ2v) is 7.57. The van der Waals surface area contributed by atoms with Crippen LogP contribution in [0.4, 0.5) is 10.1 Å². The van der Waals surface area contributed by atoms with Crippen LogP contribution in [0.1, 0.15) is 23.1 Å². The van der Waals surface area contributed by atoms with Gasteiger partial charge in [-0.3, -0.25) is 20.5 Å². The number of nitrogens with zero attached hydrogens (tertiary/aromatic N) is 2. The molecule has 0 atom stereocenters. The van der Waals surface area contributed by atoms with Crippen LogP contribution in [0.25, 0.3) is 0 Å². The Bertz CT molecular complexity index is 1050. The first kappa shape index (κ1) is 20.9. The lowest BCUT2D eigenvalue weighted by molar-refractivity contribution is -0.496. The molecule has 5 nitrogen and oxygen atoms in total. The Morgan fingerprint density at radius 2 is 1.69 bits per heavy atom. The molecule has 0 fully saturated rings. The number of carbonyl (C=O) groups excluding carboxylic acids is 1. The molecule has 1 heterocycles. The van der Waals surface area contributed by atoms with Crippen LogP contribution in [-0.4, -0.2) is 21.5 Å². The van der Waals surface area contributed by atoms with Gasteiger partial charge in [-0.15, -0.1) is 0 Å². The molecule has 3 rings (SSSR count). The lowest BCUT2D eigenvalue weighted by Crippen LogP contribution is -2.71. The molecule has 0 bridgehead atoms. The molecule has 0 amide bonds. The van der Waals surface area contributed by atoms with Crippen molar-refractivity contribution in [3.63, 3.8) is 0 Å². The van der Waals surface area contributed by atoms with Crippen molar-refractivity contribution in [1.29, 1.82) is 5.41 Å². The van der Waals surface area contributed by atoms with Gasteiger partial charge in [0.1, 0.15) is 34.8 Å². The largest absolute Gasteiger partial charge is 0.297 e. The van der Waals surface area contributed by atoms with E-state index in [1.54, 1.807) is 35.8 Å². The summed E-state index contributed by atoms with van der Waals surface area (Å²) < 4.78 is 13.1. The summed E-state index contributed by atoms with van der Waals surface area (Å²) in [5.41, 5.74) is 1.54. The summed E-state index contributed by atoms with van der Waals surface area (Å²) >= 11 is 7.32. The monoisotopic (exact) mass is 427 g/mol. The van der Waals surface area contributed by atoms with Gasteiger partial charge in [0, 0.05) is 29.0 Å². The summed E-state index contributed by atoms with van der Waals surface area (Å²) in [5.74, 6) is -0.498. The first-order chi connectivity index (χ1) is 13.9. The van der Waals surface area contributed by atoms with Gasteiger partial charge in [-0.25, -0.2) is 9.37 Å². The Hall–Kier alpha value is -2.87. The first-order valence-corrected chi connectivity index (χ1v) is 9.78. The number of nitrogens with two attached hydrogens (primary N) is 1. The highest BCUT2D eigenvalue weighted by molar-refractivity contribution is 8.04. The van der Waals surface area contributed by atoms with Gasteiger partial charge in [0.2, 0.25) is 0 Å². The van der Waals surface area contributed by atoms with Crippen LogP contribution in [0.2, 0.25) is 5.02 Å². The van der Waals surface area contributed by atoms with Crippen LogP contribution >= 0.6 is 23.4 Å². The van der Waals surface area contributed by atoms with Gasteiger partial charge in [0.15, 0.2) is 5.78 Å². The summed E-state index contributed by atoms with van der Waals surface area (Å²) in [4.78, 5) is 21.2. The quantitative estimate of drug-likeness (QED) is 0.254. The third kappa shape index (κ3) is 5.80. The van der Waals surface area contributed by atoms with Gasteiger partial charge in [-0.05, 0) is 36.4 Å². The molecule has 0 unspecified atom stereocenters. The maximum Gasteiger partial charge on any atom is 0.179 e. The molecule has 1 aromatic heterocycles. The number of quaternary nitrogens is 1. The number of allylic oxidation sites excluding steroid dienone is 1. The zero-order valence-corrected chi connectivity index (χ0v) is 17.0. The third-order valence-electron chi connectivity index (χ3n) is 3.85. The minimum absolute atomic E-state index is 0.158. The van der Waals surface area contributed by atoms with Gasteiger partial charge in [-0.2, -0.15) is 0 Å². The van der Waals surface area contributed by atoms with Crippen LogP contribution in [0.5, 0.6) is 0 Å². The highest BCUT2D eigenvalue weighted by Gasteiger charge is 2.15. The van der Waals surface area contributed by atoms with Crippen molar-refractivity contribution in [1.82, 2.24) is 9.97 Å². The molecular weight excluding hydrogens is 411 g/mol. The van der Waals surface area contributed by atoms with E-state index in [0.29, 0.717) is 15.6 Å². The van der Waals surface area contributed by atoms with Crippen molar-refractivity contribution in [3.05, 3.63) is 94.3 Å². The maximum absolute atomic E-state index is 13.1. The summed E-state index contributed by atoms with van der Waals surface area (Å²) in [5, 5.41) is 11.0. The van der Waals surface area contributed by atoms with E-state index < -0.39 is 0 Å². The van der Waals surface area contributed by atoms with E-state index in [1.807, 2.05) is 12.1 Å². The number of Topliss-reactive ketones (excluding diaryl/α,β-unsaturated/α-hetero) is 1. The average Bonchev–Trinajstić information content (AvgIpc) is 2.73. The van der Waals surface area contributed by atoms with Crippen molar-refractivity contribution in [2.45, 2.75) is 11.8 Å². The Morgan fingerprint density at radius 3 is 2.28 bits per heavy atom. The molecule has 29 heavy (non-hydrogen) atoms. The average molecular weight is 428 g/mol. The van der Waals surface area contributed by atoms with Crippen LogP contribution in [0.15, 0.2) is 76.9 Å². The van der Waals surface area contributed by atoms with E-state index in [-0.39, 0.29) is 23.0 Å². The normalized spacial score (nSPS) is 11.3. The molecule has 0 aliphatic heterocycles. The molecule has 0 radical (unpaired) electrons. The molecule has 0 aliphatic carbocycles. The van der Waals surface area contributed by atoms with Crippen LogP contribution in [0, 0.1) is 11.2 Å². The van der Waals surface area contributed by atoms with Crippen LogP contribution < -0.4 is 5.32 Å². The Morgan fingerprint density at radius 1 is 1.07 bits per heavy atom. The summed E-state index contributed by atoms with van der Waals surface area (Å²) in [7, 11) is 0. The fourth-order valence-electron chi connectivity index (χ4n) is 2.31. The zero-order valence-electron chi connectivity index (χ0n) is 15.4. The Balaban J connectivity index is 1.88. The smallest absolute Gasteiger partial charge is 0.179 e. The van der Waals surface area contributed by atoms with E-state index in [9.17, 15) is 9.18 Å². The molecule has 3 aromatic rings. The molecule has 0 saturated heterocycles. The number of hydrogen-bond donors (Lipinski definition) is 2. The van der Waals surface area contributed by atoms with Gasteiger partial charge < -0.3 is 0 Å². The predicted molar refractivity (Wildman–Crippen MR) is 112 cm³/mol. The number of thioether (sulfide) groups is 1. The van der Waals surface area contributed by atoms with Crippen molar-refractivity contribution in [2.24, 2.45) is 0 Å². The highest BCUT2D eigenvalue weighted by Crippen LogP contribution is 2.29. The van der Waals surface area contributed by atoms with Crippen molar-refractivity contribution in [2.75, 3.05) is 0 Å². The number of benzene rings is 2. The second kappa shape index (κ2) is 9.56. The summed E-state index contributed by atoms with van der Waals surface area (Å²) in [6.45, 7) is 1.41. The third-order valence-corrected chi connectivity index (χ3v) is 5.17. The van der Waals surface area contributed by atoms with Crippen molar-refractivity contribution >= 4 is 40.5 Å². The maximum atomic E-state index is 13.1. The zero-order chi connectivity index (χ0) is 20.8. The Kier molecular flexibility index (Phi) is 6.87. The lowest BCUT2D eigenvalue weighted by atomic mass is 10.2. The van der Waals surface area contributed by atoms with Gasteiger partial charge in [0.25, 0.3) is 0 Å². The van der Waals surface area contributed by atoms with E-state index >= 15 is 0 Å². The summed E-state index contributed by atoms with van der Waals surface area (Å²) in [6.07, 6.45) is 4.54. The van der Waals surface area contributed by atoms with Crippen molar-refractivity contribution in [3.8, 4) is 0 Å². The number of aromatic nitrogens is 2. The minimum Gasteiger partial charge on any atom is -0.297 e. The molecule has 146 valence electrons. The molecule has 0 aliphatic rings. The minimum atomic E-state index is -0.310. The number of halogens is 2. The number of hydrogen-bond acceptors (Lipinski definition) is 5. The van der Waals surface area contributed by atoms with Crippen LogP contribution in [-0.2, 0) is 0 Å².